The lowest BCUT2D eigenvalue weighted by atomic mass is 10.0. The molecule has 2 aromatic carbocycles. The lowest BCUT2D eigenvalue weighted by molar-refractivity contribution is 0.114. The molecule has 1 aliphatic heterocycles. The number of nitrogens with zero attached hydrogens (tertiary/aromatic N) is 7. The average Bonchev–Trinajstić information content (AvgIpc) is 3.50. The number of rotatable bonds is 11. The fourth-order valence-corrected chi connectivity index (χ4v) is 7.73. The lowest BCUT2D eigenvalue weighted by Gasteiger charge is -2.37. The molecule has 5 aromatic rings. The predicted molar refractivity (Wildman–Crippen MR) is 192 cm³/mol. The topological polar surface area (TPSA) is 113 Å². The van der Waals surface area contributed by atoms with Crippen LogP contribution in [0.15, 0.2) is 65.7 Å². The van der Waals surface area contributed by atoms with Gasteiger partial charge in [0, 0.05) is 98.4 Å². The van der Waals surface area contributed by atoms with Crippen molar-refractivity contribution in [1.29, 1.82) is 0 Å². The average molecular weight is 741 g/mol. The number of hydrogen-bond donors (Lipinski definition) is 2. The van der Waals surface area contributed by atoms with Gasteiger partial charge in [0.25, 0.3) is 0 Å². The molecule has 252 valence electrons. The Morgan fingerprint density at radius 3 is 2.52 bits per heavy atom. The minimum Gasteiger partial charge on any atom is -0.494 e. The van der Waals surface area contributed by atoms with Crippen LogP contribution in [0.25, 0.3) is 22.0 Å². The van der Waals surface area contributed by atoms with E-state index in [4.69, 9.17) is 9.72 Å². The van der Waals surface area contributed by atoms with Crippen LogP contribution < -0.4 is 25.6 Å². The maximum Gasteiger partial charge on any atom is 0.239 e. The van der Waals surface area contributed by atoms with Crippen molar-refractivity contribution in [2.75, 3.05) is 68.7 Å². The number of anilines is 5. The van der Waals surface area contributed by atoms with Crippen molar-refractivity contribution in [3.05, 3.63) is 65.7 Å². The van der Waals surface area contributed by atoms with E-state index < -0.39 is 13.6 Å². The summed E-state index contributed by atoms with van der Waals surface area (Å²) in [5, 5.41) is 12.6. The maximum atomic E-state index is 13.5. The molecule has 2 N–H and O–H groups in total. The zero-order chi connectivity index (χ0) is 34.0. The van der Waals surface area contributed by atoms with Gasteiger partial charge in [-0.05, 0) is 53.5 Å². The second-order valence-corrected chi connectivity index (χ2v) is 16.0. The van der Waals surface area contributed by atoms with Crippen LogP contribution in [0.4, 0.5) is 37.6 Å². The third-order valence-corrected chi connectivity index (χ3v) is 10.4. The van der Waals surface area contributed by atoms with E-state index in [-0.39, 0.29) is 6.42 Å². The van der Waals surface area contributed by atoms with Crippen LogP contribution in [0.1, 0.15) is 6.42 Å². The summed E-state index contributed by atoms with van der Waals surface area (Å²) < 4.78 is 47.3. The highest BCUT2D eigenvalue weighted by Crippen LogP contribution is 2.43. The molecule has 6 rings (SSSR count). The Morgan fingerprint density at radius 1 is 1.04 bits per heavy atom. The second kappa shape index (κ2) is 14.2. The van der Waals surface area contributed by atoms with Gasteiger partial charge < -0.3 is 24.8 Å². The fraction of sp³-hybridized carbons (Fsp3) is 0.333. The van der Waals surface area contributed by atoms with E-state index in [9.17, 15) is 13.3 Å². The molecule has 0 amide bonds. The van der Waals surface area contributed by atoms with Gasteiger partial charge in [-0.1, -0.05) is 6.07 Å². The van der Waals surface area contributed by atoms with E-state index in [1.54, 1.807) is 37.5 Å². The van der Waals surface area contributed by atoms with Gasteiger partial charge in [-0.3, -0.25) is 14.6 Å². The third-order valence-electron chi connectivity index (χ3n) is 8.25. The lowest BCUT2D eigenvalue weighted by Crippen LogP contribution is -2.47. The van der Waals surface area contributed by atoms with Gasteiger partial charge >= 0.3 is 0 Å². The number of pyridine rings is 1. The molecule has 0 unspecified atom stereocenters. The molecule has 0 aliphatic carbocycles. The normalized spacial score (nSPS) is 14.1. The Hall–Kier alpha value is -4.13. The zero-order valence-corrected chi connectivity index (χ0v) is 29.6. The number of halogens is 3. The molecule has 48 heavy (non-hydrogen) atoms. The number of benzene rings is 2. The molecule has 0 atom stereocenters. The highest BCUT2D eigenvalue weighted by atomic mass is 79.9. The van der Waals surface area contributed by atoms with E-state index in [0.717, 1.165) is 27.7 Å². The molecular weight excluding hydrogens is 703 g/mol. The Kier molecular flexibility index (Phi) is 9.95. The van der Waals surface area contributed by atoms with E-state index >= 15 is 0 Å². The number of piperazine rings is 1. The molecular formula is C33H37BrF2N9O2P. The molecule has 1 fully saturated rings. The van der Waals surface area contributed by atoms with E-state index in [1.807, 2.05) is 55.8 Å². The standard InChI is InChI=1S/C33H37BrF2N9O2P/c1-43-20-21(18-39-43)23-16-27(29(47-2)17-28(23)45-14-12-44(13-15-45)11-9-30(35)36)41-33-38-19-24(34)32(42-33)40-26-8-7-25-22(6-5-10-37-25)31(26)48(3,4)46/h5-8,10,16-20,30H,9,11-15H2,1-4H3,(H2,38,40,41,42). The Bertz CT molecular complexity index is 1980. The minimum atomic E-state index is -2.73. The molecule has 1 saturated heterocycles. The fourth-order valence-electron chi connectivity index (χ4n) is 5.96. The number of fused-ring (bicyclic) bond motifs is 1. The first-order valence-corrected chi connectivity index (χ1v) is 18.9. The van der Waals surface area contributed by atoms with Crippen molar-refractivity contribution in [1.82, 2.24) is 29.6 Å². The van der Waals surface area contributed by atoms with Crippen LogP contribution in [-0.4, -0.2) is 89.2 Å². The van der Waals surface area contributed by atoms with Crippen LogP contribution in [0.2, 0.25) is 0 Å². The highest BCUT2D eigenvalue weighted by Gasteiger charge is 2.24. The number of methoxy groups -OCH3 is 1. The quantitative estimate of drug-likeness (QED) is 0.142. The number of hydrogen-bond acceptors (Lipinski definition) is 10. The summed E-state index contributed by atoms with van der Waals surface area (Å²) in [6, 6.07) is 11.5. The summed E-state index contributed by atoms with van der Waals surface area (Å²) in [7, 11) is 0.745. The van der Waals surface area contributed by atoms with Crippen molar-refractivity contribution in [2.24, 2.45) is 7.05 Å². The van der Waals surface area contributed by atoms with Gasteiger partial charge in [-0.2, -0.15) is 10.1 Å². The summed E-state index contributed by atoms with van der Waals surface area (Å²) in [5.41, 5.74) is 4.88. The van der Waals surface area contributed by atoms with Crippen LogP contribution in [0, 0.1) is 0 Å². The van der Waals surface area contributed by atoms with E-state index in [1.165, 1.54) is 0 Å². The van der Waals surface area contributed by atoms with Gasteiger partial charge in [0.2, 0.25) is 12.4 Å². The molecule has 0 bridgehead atoms. The van der Waals surface area contributed by atoms with Crippen LogP contribution in [-0.2, 0) is 11.6 Å². The molecule has 3 aromatic heterocycles. The smallest absolute Gasteiger partial charge is 0.239 e. The number of aromatic nitrogens is 5. The summed E-state index contributed by atoms with van der Waals surface area (Å²) in [5.74, 6) is 1.39. The molecule has 11 nitrogen and oxygen atoms in total. The number of alkyl halides is 2. The summed E-state index contributed by atoms with van der Waals surface area (Å²) in [6.45, 7) is 6.61. The van der Waals surface area contributed by atoms with Gasteiger partial charge in [0.15, 0.2) is 0 Å². The van der Waals surface area contributed by atoms with Crippen molar-refractivity contribution in [2.45, 2.75) is 12.8 Å². The first kappa shape index (κ1) is 33.8. The molecule has 0 spiro atoms. The van der Waals surface area contributed by atoms with Gasteiger partial charge in [0.1, 0.15) is 18.7 Å². The SMILES string of the molecule is COc1cc(N2CCN(CCC(F)F)CC2)c(-c2cnn(C)c2)cc1Nc1ncc(Br)c(Nc2ccc3ncccc3c2P(C)(C)=O)n1. The predicted octanol–water partition coefficient (Wildman–Crippen LogP) is 6.71. The Labute approximate surface area is 286 Å². The molecule has 0 radical (unpaired) electrons. The minimum absolute atomic E-state index is 0.122. The summed E-state index contributed by atoms with van der Waals surface area (Å²) in [6.07, 6.45) is 4.70. The van der Waals surface area contributed by atoms with Crippen LogP contribution in [0.3, 0.4) is 0 Å². The number of ether oxygens (including phenoxy) is 1. The second-order valence-electron chi connectivity index (χ2n) is 12.0. The van der Waals surface area contributed by atoms with Crippen molar-refractivity contribution in [3.63, 3.8) is 0 Å². The van der Waals surface area contributed by atoms with Crippen LogP contribution in [0.5, 0.6) is 5.75 Å². The third kappa shape index (κ3) is 7.45. The zero-order valence-electron chi connectivity index (χ0n) is 27.1. The van der Waals surface area contributed by atoms with Crippen molar-refractivity contribution in [3.8, 4) is 16.9 Å². The van der Waals surface area contributed by atoms with Gasteiger partial charge in [0.05, 0.1) is 34.7 Å². The Morgan fingerprint density at radius 2 is 1.83 bits per heavy atom. The van der Waals surface area contributed by atoms with Crippen molar-refractivity contribution < 1.29 is 18.1 Å². The van der Waals surface area contributed by atoms with Gasteiger partial charge in [-0.15, -0.1) is 0 Å². The molecule has 1 aliphatic rings. The molecule has 15 heteroatoms. The van der Waals surface area contributed by atoms with Gasteiger partial charge in [-0.25, -0.2) is 13.8 Å². The summed E-state index contributed by atoms with van der Waals surface area (Å²) in [4.78, 5) is 18.1. The van der Waals surface area contributed by atoms with Crippen molar-refractivity contribution >= 4 is 68.1 Å². The maximum absolute atomic E-state index is 13.5. The highest BCUT2D eigenvalue weighted by molar-refractivity contribution is 9.10. The van der Waals surface area contributed by atoms with E-state index in [0.29, 0.717) is 71.4 Å². The molecule has 0 saturated carbocycles. The summed E-state index contributed by atoms with van der Waals surface area (Å²) >= 11 is 3.57. The van der Waals surface area contributed by atoms with Crippen LogP contribution >= 0.6 is 23.1 Å². The first-order valence-electron chi connectivity index (χ1n) is 15.5. The van der Waals surface area contributed by atoms with E-state index in [2.05, 4.69) is 51.4 Å². The first-order chi connectivity index (χ1) is 23.0. The number of nitrogens with one attached hydrogen (secondary N) is 2. The monoisotopic (exact) mass is 739 g/mol. The molecule has 4 heterocycles. The Balaban J connectivity index is 1.32. The largest absolute Gasteiger partial charge is 0.494 e. The number of aryl methyl sites for hydroxylation is 1.